The van der Waals surface area contributed by atoms with Crippen molar-refractivity contribution in [2.24, 2.45) is 0 Å². The first-order chi connectivity index (χ1) is 12.7. The van der Waals surface area contributed by atoms with Gasteiger partial charge in [0.25, 0.3) is 11.5 Å². The highest BCUT2D eigenvalue weighted by Crippen LogP contribution is 2.29. The van der Waals surface area contributed by atoms with Gasteiger partial charge in [-0.25, -0.2) is 0 Å². The number of hydrogen-bond donors (Lipinski definition) is 2. The van der Waals surface area contributed by atoms with Crippen LogP contribution in [0.1, 0.15) is 10.5 Å². The molecule has 0 bridgehead atoms. The van der Waals surface area contributed by atoms with Gasteiger partial charge in [-0.3, -0.25) is 14.6 Å². The van der Waals surface area contributed by atoms with Crippen LogP contribution in [0.5, 0.6) is 5.75 Å². The molecular formula is C20H15N3O3. The fraction of sp³-hybridized carbons (Fsp3) is 0.0500. The Morgan fingerprint density at radius 1 is 1.08 bits per heavy atom. The van der Waals surface area contributed by atoms with Crippen molar-refractivity contribution in [3.8, 4) is 5.75 Å². The Kier molecular flexibility index (Phi) is 3.85. The third-order valence-electron chi connectivity index (χ3n) is 4.20. The summed E-state index contributed by atoms with van der Waals surface area (Å²) < 4.78 is 5.31. The quantitative estimate of drug-likeness (QED) is 0.596. The van der Waals surface area contributed by atoms with Crippen molar-refractivity contribution < 1.29 is 9.53 Å². The number of aromatic nitrogens is 2. The van der Waals surface area contributed by atoms with Crippen LogP contribution in [-0.4, -0.2) is 23.0 Å². The summed E-state index contributed by atoms with van der Waals surface area (Å²) in [6, 6.07) is 15.9. The van der Waals surface area contributed by atoms with Gasteiger partial charge in [0.1, 0.15) is 17.0 Å². The van der Waals surface area contributed by atoms with Crippen molar-refractivity contribution in [3.05, 3.63) is 76.8 Å². The molecule has 1 amide bonds. The van der Waals surface area contributed by atoms with Crippen LogP contribution in [0, 0.1) is 0 Å². The average molecular weight is 345 g/mol. The lowest BCUT2D eigenvalue weighted by molar-refractivity contribution is 0.102. The molecule has 0 spiro atoms. The van der Waals surface area contributed by atoms with Gasteiger partial charge in [0.15, 0.2) is 0 Å². The van der Waals surface area contributed by atoms with Gasteiger partial charge in [0.05, 0.1) is 12.8 Å². The summed E-state index contributed by atoms with van der Waals surface area (Å²) in [5, 5.41) is 4.85. The van der Waals surface area contributed by atoms with E-state index in [1.807, 2.05) is 12.1 Å². The number of anilines is 1. The van der Waals surface area contributed by atoms with Crippen molar-refractivity contribution >= 4 is 33.3 Å². The molecule has 0 aliphatic rings. The van der Waals surface area contributed by atoms with Crippen LogP contribution in [0.3, 0.4) is 0 Å². The molecule has 0 saturated heterocycles. The van der Waals surface area contributed by atoms with Crippen LogP contribution in [-0.2, 0) is 0 Å². The SMILES string of the molecule is COc1ccc(NC(=O)c2cc3ccccc3c(=O)[nH]2)c2cccnc12. The van der Waals surface area contributed by atoms with Gasteiger partial charge >= 0.3 is 0 Å². The number of carbonyl (C=O) groups excluding carboxylic acids is 1. The fourth-order valence-electron chi connectivity index (χ4n) is 2.94. The number of amides is 1. The molecule has 6 heteroatoms. The summed E-state index contributed by atoms with van der Waals surface area (Å²) in [5.41, 5.74) is 1.14. The fourth-order valence-corrected chi connectivity index (χ4v) is 2.94. The predicted octanol–water partition coefficient (Wildman–Crippen LogP) is 3.34. The van der Waals surface area contributed by atoms with Gasteiger partial charge in [-0.1, -0.05) is 18.2 Å². The number of nitrogens with zero attached hydrogens (tertiary/aromatic N) is 1. The van der Waals surface area contributed by atoms with Gasteiger partial charge in [-0.2, -0.15) is 0 Å². The van der Waals surface area contributed by atoms with Crippen molar-refractivity contribution in [2.45, 2.75) is 0 Å². The Labute approximate surface area is 148 Å². The highest BCUT2D eigenvalue weighted by Gasteiger charge is 2.13. The van der Waals surface area contributed by atoms with E-state index in [0.717, 1.165) is 5.39 Å². The molecular weight excluding hydrogens is 330 g/mol. The molecule has 6 nitrogen and oxygen atoms in total. The molecule has 0 aliphatic heterocycles. The molecule has 4 rings (SSSR count). The Balaban J connectivity index is 1.75. The molecule has 128 valence electrons. The van der Waals surface area contributed by atoms with E-state index in [1.54, 1.807) is 55.8 Å². The van der Waals surface area contributed by atoms with Crippen LogP contribution >= 0.6 is 0 Å². The lowest BCUT2D eigenvalue weighted by Crippen LogP contribution is -2.19. The normalized spacial score (nSPS) is 10.8. The second-order valence-corrected chi connectivity index (χ2v) is 5.77. The minimum Gasteiger partial charge on any atom is -0.494 e. The first-order valence-corrected chi connectivity index (χ1v) is 8.02. The van der Waals surface area contributed by atoms with Crippen LogP contribution < -0.4 is 15.6 Å². The number of fused-ring (bicyclic) bond motifs is 2. The van der Waals surface area contributed by atoms with Gasteiger partial charge in [-0.15, -0.1) is 0 Å². The van der Waals surface area contributed by atoms with Crippen molar-refractivity contribution in [2.75, 3.05) is 12.4 Å². The number of carbonyl (C=O) groups is 1. The summed E-state index contributed by atoms with van der Waals surface area (Å²) in [4.78, 5) is 31.8. The average Bonchev–Trinajstić information content (AvgIpc) is 2.68. The maximum absolute atomic E-state index is 12.7. The maximum Gasteiger partial charge on any atom is 0.272 e. The molecule has 0 fully saturated rings. The smallest absolute Gasteiger partial charge is 0.272 e. The summed E-state index contributed by atoms with van der Waals surface area (Å²) in [5.74, 6) is 0.223. The number of pyridine rings is 2. The number of hydrogen-bond acceptors (Lipinski definition) is 4. The third kappa shape index (κ3) is 2.67. The number of ether oxygens (including phenoxy) is 1. The molecule has 2 heterocycles. The Morgan fingerprint density at radius 3 is 2.73 bits per heavy atom. The zero-order chi connectivity index (χ0) is 18.1. The van der Waals surface area contributed by atoms with E-state index in [4.69, 9.17) is 4.74 Å². The number of rotatable bonds is 3. The molecule has 4 aromatic rings. The molecule has 0 saturated carbocycles. The molecule has 26 heavy (non-hydrogen) atoms. The predicted molar refractivity (Wildman–Crippen MR) is 101 cm³/mol. The first-order valence-electron chi connectivity index (χ1n) is 8.02. The second kappa shape index (κ2) is 6.33. The number of H-pyrrole nitrogens is 1. The first kappa shape index (κ1) is 15.8. The van der Waals surface area contributed by atoms with Gasteiger partial charge in [0.2, 0.25) is 0 Å². The molecule has 2 aromatic carbocycles. The molecule has 0 radical (unpaired) electrons. The van der Waals surface area contributed by atoms with E-state index < -0.39 is 5.91 Å². The largest absolute Gasteiger partial charge is 0.494 e. The van der Waals surface area contributed by atoms with E-state index in [1.165, 1.54) is 0 Å². The number of nitrogens with one attached hydrogen (secondary N) is 2. The lowest BCUT2D eigenvalue weighted by Gasteiger charge is -2.11. The zero-order valence-corrected chi connectivity index (χ0v) is 13.9. The van der Waals surface area contributed by atoms with E-state index in [0.29, 0.717) is 27.7 Å². The number of methoxy groups -OCH3 is 1. The zero-order valence-electron chi connectivity index (χ0n) is 13.9. The lowest BCUT2D eigenvalue weighted by atomic mass is 10.1. The Morgan fingerprint density at radius 2 is 1.88 bits per heavy atom. The number of benzene rings is 2. The third-order valence-corrected chi connectivity index (χ3v) is 4.20. The summed E-state index contributed by atoms with van der Waals surface area (Å²) in [7, 11) is 1.57. The van der Waals surface area contributed by atoms with Gasteiger partial charge in [-0.05, 0) is 41.8 Å². The van der Waals surface area contributed by atoms with E-state index in [9.17, 15) is 9.59 Å². The van der Waals surface area contributed by atoms with Crippen molar-refractivity contribution in [1.82, 2.24) is 9.97 Å². The minimum atomic E-state index is -0.400. The molecule has 0 aliphatic carbocycles. The van der Waals surface area contributed by atoms with E-state index in [-0.39, 0.29) is 11.3 Å². The van der Waals surface area contributed by atoms with Crippen LogP contribution in [0.25, 0.3) is 21.7 Å². The molecule has 0 unspecified atom stereocenters. The standard InChI is InChI=1S/C20H15N3O3/c1-26-17-9-8-15(14-7-4-10-21-18(14)17)22-20(25)16-11-12-5-2-3-6-13(12)19(24)23-16/h2-11H,1H3,(H,22,25)(H,23,24). The van der Waals surface area contributed by atoms with Crippen LogP contribution in [0.4, 0.5) is 5.69 Å². The summed E-state index contributed by atoms with van der Waals surface area (Å²) in [6.45, 7) is 0. The van der Waals surface area contributed by atoms with Gasteiger partial charge in [0, 0.05) is 17.0 Å². The van der Waals surface area contributed by atoms with Crippen molar-refractivity contribution in [1.29, 1.82) is 0 Å². The minimum absolute atomic E-state index is 0.196. The van der Waals surface area contributed by atoms with E-state index in [2.05, 4.69) is 15.3 Å². The summed E-state index contributed by atoms with van der Waals surface area (Å²) in [6.07, 6.45) is 1.66. The molecule has 2 N–H and O–H groups in total. The Bertz CT molecular complexity index is 1200. The van der Waals surface area contributed by atoms with Crippen LogP contribution in [0.2, 0.25) is 0 Å². The van der Waals surface area contributed by atoms with Gasteiger partial charge < -0.3 is 15.0 Å². The van der Waals surface area contributed by atoms with Crippen LogP contribution in [0.15, 0.2) is 65.6 Å². The second-order valence-electron chi connectivity index (χ2n) is 5.77. The molecule has 0 atom stereocenters. The summed E-state index contributed by atoms with van der Waals surface area (Å²) >= 11 is 0. The molecule has 2 aromatic heterocycles. The highest BCUT2D eigenvalue weighted by molar-refractivity contribution is 6.09. The van der Waals surface area contributed by atoms with Crippen molar-refractivity contribution in [3.63, 3.8) is 0 Å². The highest BCUT2D eigenvalue weighted by atomic mass is 16.5. The Hall–Kier alpha value is -3.67. The topological polar surface area (TPSA) is 84.1 Å². The van der Waals surface area contributed by atoms with E-state index >= 15 is 0 Å². The monoisotopic (exact) mass is 345 g/mol. The number of aromatic amines is 1. The maximum atomic E-state index is 12.7.